The first-order valence-corrected chi connectivity index (χ1v) is 11.4. The van der Waals surface area contributed by atoms with Crippen LogP contribution in [0.3, 0.4) is 0 Å². The molecule has 0 radical (unpaired) electrons. The standard InChI is InChI=1S/C24H30N6O2/c1-17-16-21(31)30-22(18-6-4-3-5-7-18)26-23(27-24(30)25-17)29-14-12-28(13-15-29)19-8-10-20(32-2)11-9-19/h3-4,8-11,16,18,22H,5-7,12-15H2,1-2H3,(H,25,26,27). The number of benzene rings is 1. The van der Waals surface area contributed by atoms with E-state index < -0.39 is 0 Å². The molecule has 0 amide bonds. The zero-order valence-corrected chi connectivity index (χ0v) is 18.7. The van der Waals surface area contributed by atoms with Crippen molar-refractivity contribution >= 4 is 17.6 Å². The summed E-state index contributed by atoms with van der Waals surface area (Å²) in [5.41, 5.74) is 1.89. The van der Waals surface area contributed by atoms with Crippen molar-refractivity contribution in [3.8, 4) is 5.75 Å². The van der Waals surface area contributed by atoms with E-state index in [0.29, 0.717) is 11.9 Å². The van der Waals surface area contributed by atoms with Crippen LogP contribution in [-0.2, 0) is 0 Å². The average molecular weight is 435 g/mol. The Morgan fingerprint density at radius 3 is 2.50 bits per heavy atom. The molecule has 3 aliphatic rings. The molecule has 1 fully saturated rings. The van der Waals surface area contributed by atoms with Crippen LogP contribution in [0.4, 0.5) is 11.6 Å². The number of allylic oxidation sites excluding steroid dienone is 2. The molecule has 1 aromatic heterocycles. The number of nitrogens with one attached hydrogen (secondary N) is 1. The quantitative estimate of drug-likeness (QED) is 0.749. The van der Waals surface area contributed by atoms with Crippen molar-refractivity contribution in [1.82, 2.24) is 14.5 Å². The van der Waals surface area contributed by atoms with Crippen LogP contribution < -0.4 is 20.5 Å². The summed E-state index contributed by atoms with van der Waals surface area (Å²) < 4.78 is 7.02. The largest absolute Gasteiger partial charge is 0.497 e. The average Bonchev–Trinajstić information content (AvgIpc) is 2.84. The Balaban J connectivity index is 1.36. The zero-order valence-electron chi connectivity index (χ0n) is 18.7. The predicted molar refractivity (Wildman–Crippen MR) is 127 cm³/mol. The maximum atomic E-state index is 12.8. The second kappa shape index (κ2) is 8.68. The van der Waals surface area contributed by atoms with Gasteiger partial charge in [0.15, 0.2) is 0 Å². The number of methoxy groups -OCH3 is 1. The van der Waals surface area contributed by atoms with Gasteiger partial charge < -0.3 is 14.5 Å². The predicted octanol–water partition coefficient (Wildman–Crippen LogP) is 3.02. The van der Waals surface area contributed by atoms with E-state index in [1.165, 1.54) is 5.69 Å². The van der Waals surface area contributed by atoms with Gasteiger partial charge in [-0.15, -0.1) is 0 Å². The second-order valence-corrected chi connectivity index (χ2v) is 8.64. The number of aryl methyl sites for hydroxylation is 1. The highest BCUT2D eigenvalue weighted by Crippen LogP contribution is 2.34. The molecule has 2 aromatic rings. The Bertz CT molecular complexity index is 1080. The molecule has 168 valence electrons. The van der Waals surface area contributed by atoms with Crippen LogP contribution in [0.2, 0.25) is 0 Å². The highest BCUT2D eigenvalue weighted by molar-refractivity contribution is 5.93. The normalized spacial score (nSPS) is 22.8. The molecule has 2 unspecified atom stereocenters. The molecule has 1 N–H and O–H groups in total. The second-order valence-electron chi connectivity index (χ2n) is 8.64. The molecule has 8 nitrogen and oxygen atoms in total. The van der Waals surface area contributed by atoms with Gasteiger partial charge in [0.1, 0.15) is 11.9 Å². The van der Waals surface area contributed by atoms with E-state index in [9.17, 15) is 4.79 Å². The number of aliphatic imine (C=N–C) groups is 1. The van der Waals surface area contributed by atoms with Gasteiger partial charge in [-0.2, -0.15) is 0 Å². The zero-order chi connectivity index (χ0) is 22.1. The molecular weight excluding hydrogens is 404 g/mol. The number of piperazine rings is 1. The molecule has 8 heteroatoms. The number of aromatic nitrogens is 2. The fourth-order valence-corrected chi connectivity index (χ4v) is 4.80. The first-order chi connectivity index (χ1) is 15.6. The number of anilines is 2. The smallest absolute Gasteiger partial charge is 0.256 e. The number of nitrogens with zero attached hydrogens (tertiary/aromatic N) is 5. The van der Waals surface area contributed by atoms with Gasteiger partial charge in [-0.1, -0.05) is 12.2 Å². The first kappa shape index (κ1) is 20.6. The Labute approximate surface area is 188 Å². The summed E-state index contributed by atoms with van der Waals surface area (Å²) in [6.07, 6.45) is 7.22. The number of hydrogen-bond donors (Lipinski definition) is 1. The third-order valence-corrected chi connectivity index (χ3v) is 6.57. The fraction of sp³-hybridized carbons (Fsp3) is 0.458. The molecule has 1 aliphatic carbocycles. The highest BCUT2D eigenvalue weighted by atomic mass is 16.5. The van der Waals surface area contributed by atoms with E-state index in [1.54, 1.807) is 17.7 Å². The van der Waals surface area contributed by atoms with Crippen molar-refractivity contribution in [2.24, 2.45) is 10.9 Å². The van der Waals surface area contributed by atoms with Crippen molar-refractivity contribution in [3.63, 3.8) is 0 Å². The molecule has 2 atom stereocenters. The highest BCUT2D eigenvalue weighted by Gasteiger charge is 2.32. The van der Waals surface area contributed by atoms with E-state index in [4.69, 9.17) is 9.73 Å². The summed E-state index contributed by atoms with van der Waals surface area (Å²) in [7, 11) is 1.69. The third kappa shape index (κ3) is 3.97. The van der Waals surface area contributed by atoms with Crippen LogP contribution in [0.1, 0.15) is 31.1 Å². The van der Waals surface area contributed by atoms with Gasteiger partial charge in [-0.25, -0.2) is 9.98 Å². The van der Waals surface area contributed by atoms with Gasteiger partial charge in [-0.3, -0.25) is 14.7 Å². The van der Waals surface area contributed by atoms with Crippen molar-refractivity contribution in [2.75, 3.05) is 43.5 Å². The van der Waals surface area contributed by atoms with Crippen molar-refractivity contribution in [3.05, 3.63) is 58.5 Å². The van der Waals surface area contributed by atoms with Crippen LogP contribution >= 0.6 is 0 Å². The van der Waals surface area contributed by atoms with E-state index in [2.05, 4.69) is 44.4 Å². The first-order valence-electron chi connectivity index (χ1n) is 11.4. The Hall–Kier alpha value is -3.29. The summed E-state index contributed by atoms with van der Waals surface area (Å²) in [6.45, 7) is 5.37. The number of guanidine groups is 1. The minimum absolute atomic E-state index is 0.0355. The SMILES string of the molecule is COc1ccc(N2CCN(C3=NC(C4CC=CCC4)n4c(nc(C)cc4=O)N3)CC2)cc1. The number of fused-ring (bicyclic) bond motifs is 1. The van der Waals surface area contributed by atoms with E-state index in [1.807, 2.05) is 19.1 Å². The van der Waals surface area contributed by atoms with Crippen LogP contribution in [0.25, 0.3) is 0 Å². The summed E-state index contributed by atoms with van der Waals surface area (Å²) in [5, 5.41) is 3.36. The summed E-state index contributed by atoms with van der Waals surface area (Å²) in [4.78, 5) is 27.2. The molecule has 32 heavy (non-hydrogen) atoms. The Morgan fingerprint density at radius 2 is 1.81 bits per heavy atom. The Morgan fingerprint density at radius 1 is 1.06 bits per heavy atom. The lowest BCUT2D eigenvalue weighted by Crippen LogP contribution is -2.52. The summed E-state index contributed by atoms with van der Waals surface area (Å²) in [5.74, 6) is 2.61. The van der Waals surface area contributed by atoms with Gasteiger partial charge >= 0.3 is 0 Å². The lowest BCUT2D eigenvalue weighted by molar-refractivity contribution is 0.296. The fourth-order valence-electron chi connectivity index (χ4n) is 4.80. The maximum absolute atomic E-state index is 12.8. The van der Waals surface area contributed by atoms with E-state index >= 15 is 0 Å². The molecule has 3 heterocycles. The number of rotatable bonds is 3. The van der Waals surface area contributed by atoms with Gasteiger partial charge in [0.2, 0.25) is 11.9 Å². The summed E-state index contributed by atoms with van der Waals surface area (Å²) in [6, 6.07) is 9.81. The maximum Gasteiger partial charge on any atom is 0.256 e. The minimum Gasteiger partial charge on any atom is -0.497 e. The van der Waals surface area contributed by atoms with Gasteiger partial charge in [0.05, 0.1) is 7.11 Å². The monoisotopic (exact) mass is 434 g/mol. The number of hydrogen-bond acceptors (Lipinski definition) is 7. The lowest BCUT2D eigenvalue weighted by Gasteiger charge is -2.40. The van der Waals surface area contributed by atoms with E-state index in [0.717, 1.165) is 62.8 Å². The van der Waals surface area contributed by atoms with Gasteiger partial charge in [0, 0.05) is 49.5 Å². The summed E-state index contributed by atoms with van der Waals surface area (Å²) >= 11 is 0. The molecule has 0 spiro atoms. The molecule has 0 saturated carbocycles. The van der Waals surface area contributed by atoms with Gasteiger partial charge in [0.25, 0.3) is 5.56 Å². The molecule has 1 saturated heterocycles. The Kier molecular flexibility index (Phi) is 5.59. The number of ether oxygens (including phenoxy) is 1. The van der Waals surface area contributed by atoms with Crippen LogP contribution in [0.5, 0.6) is 5.75 Å². The minimum atomic E-state index is -0.216. The molecule has 0 bridgehead atoms. The van der Waals surface area contributed by atoms with Crippen molar-refractivity contribution in [1.29, 1.82) is 0 Å². The van der Waals surface area contributed by atoms with Gasteiger partial charge in [-0.05, 0) is 50.5 Å². The van der Waals surface area contributed by atoms with Crippen molar-refractivity contribution in [2.45, 2.75) is 32.4 Å². The third-order valence-electron chi connectivity index (χ3n) is 6.57. The van der Waals surface area contributed by atoms with Crippen molar-refractivity contribution < 1.29 is 4.74 Å². The molecule has 1 aromatic carbocycles. The molecule has 5 rings (SSSR count). The van der Waals surface area contributed by atoms with Crippen LogP contribution in [0, 0.1) is 12.8 Å². The van der Waals surface area contributed by atoms with Crippen LogP contribution in [-0.4, -0.2) is 53.7 Å². The van der Waals surface area contributed by atoms with Crippen LogP contribution in [0.15, 0.2) is 52.3 Å². The molecular formula is C24H30N6O2. The lowest BCUT2D eigenvalue weighted by atomic mass is 9.91. The topological polar surface area (TPSA) is 75.0 Å². The van der Waals surface area contributed by atoms with E-state index in [-0.39, 0.29) is 11.7 Å². The molecule has 2 aliphatic heterocycles.